The van der Waals surface area contributed by atoms with Crippen LogP contribution in [-0.4, -0.2) is 6.72 Å². The van der Waals surface area contributed by atoms with Crippen LogP contribution in [0.4, 0.5) is 5.69 Å². The molecule has 0 atom stereocenters. The van der Waals surface area contributed by atoms with E-state index < -0.39 is 0 Å². The van der Waals surface area contributed by atoms with Crippen LogP contribution in [0.5, 0.6) is 0 Å². The van der Waals surface area contributed by atoms with Gasteiger partial charge in [-0.3, -0.25) is 4.99 Å². The Morgan fingerprint density at radius 3 is 2.71 bits per heavy atom. The van der Waals surface area contributed by atoms with Gasteiger partial charge in [-0.15, -0.1) is 11.3 Å². The molecule has 0 radical (unpaired) electrons. The SMILES string of the molecule is C=Nc1c(-c2ccccc2)ccc2sc3c(c12)C=CCC3. The summed E-state index contributed by atoms with van der Waals surface area (Å²) in [6, 6.07) is 14.8. The molecule has 0 amide bonds. The fourth-order valence-corrected chi connectivity index (χ4v) is 4.25. The van der Waals surface area contributed by atoms with Gasteiger partial charge in [0.2, 0.25) is 0 Å². The predicted octanol–water partition coefficient (Wildman–Crippen LogP) is 5.86. The second kappa shape index (κ2) is 4.97. The number of thiophene rings is 1. The standard InChI is InChI=1S/C19H15NS/c1-20-19-14(13-7-3-2-4-8-13)11-12-17-18(19)15-9-5-6-10-16(15)21-17/h2-5,7-9,11-12H,1,6,10H2. The fraction of sp³-hybridized carbons (Fsp3) is 0.105. The second-order valence-electron chi connectivity index (χ2n) is 5.24. The van der Waals surface area contributed by atoms with Crippen LogP contribution in [0, 0.1) is 0 Å². The molecule has 3 aromatic rings. The van der Waals surface area contributed by atoms with Gasteiger partial charge in [0.15, 0.2) is 0 Å². The third-order valence-corrected chi connectivity index (χ3v) is 5.24. The first-order valence-electron chi connectivity index (χ1n) is 7.15. The van der Waals surface area contributed by atoms with Crippen molar-refractivity contribution in [1.29, 1.82) is 0 Å². The van der Waals surface area contributed by atoms with Crippen LogP contribution in [0.1, 0.15) is 16.9 Å². The highest BCUT2D eigenvalue weighted by atomic mass is 32.1. The van der Waals surface area contributed by atoms with Gasteiger partial charge in [0.05, 0.1) is 5.69 Å². The zero-order valence-electron chi connectivity index (χ0n) is 11.7. The monoisotopic (exact) mass is 289 g/mol. The van der Waals surface area contributed by atoms with Crippen LogP contribution in [-0.2, 0) is 6.42 Å². The summed E-state index contributed by atoms with van der Waals surface area (Å²) in [4.78, 5) is 5.85. The molecule has 0 N–H and O–H groups in total. The zero-order valence-corrected chi connectivity index (χ0v) is 12.5. The first-order chi connectivity index (χ1) is 10.4. The molecule has 102 valence electrons. The minimum atomic E-state index is 1.02. The lowest BCUT2D eigenvalue weighted by Crippen LogP contribution is -1.88. The molecule has 0 unspecified atom stereocenters. The van der Waals surface area contributed by atoms with E-state index in [-0.39, 0.29) is 0 Å². The maximum atomic E-state index is 4.38. The first-order valence-corrected chi connectivity index (χ1v) is 7.97. The molecule has 0 aliphatic heterocycles. The molecule has 0 bridgehead atoms. The lowest BCUT2D eigenvalue weighted by atomic mass is 9.97. The molecule has 0 fully saturated rings. The van der Waals surface area contributed by atoms with Crippen LogP contribution in [0.3, 0.4) is 0 Å². The first kappa shape index (κ1) is 12.5. The summed E-state index contributed by atoms with van der Waals surface area (Å²) in [5, 5.41) is 1.27. The number of nitrogens with zero attached hydrogens (tertiary/aromatic N) is 1. The van der Waals surface area contributed by atoms with Gasteiger partial charge in [0.1, 0.15) is 0 Å². The normalized spacial score (nSPS) is 13.3. The molecule has 0 spiro atoms. The van der Waals surface area contributed by atoms with E-state index in [0.717, 1.165) is 24.1 Å². The Morgan fingerprint density at radius 2 is 1.90 bits per heavy atom. The zero-order chi connectivity index (χ0) is 14.2. The molecule has 1 aliphatic carbocycles. The molecule has 1 nitrogen and oxygen atoms in total. The number of allylic oxidation sites excluding steroid dienone is 1. The highest BCUT2D eigenvalue weighted by Crippen LogP contribution is 2.44. The van der Waals surface area contributed by atoms with E-state index in [4.69, 9.17) is 0 Å². The van der Waals surface area contributed by atoms with Gasteiger partial charge in [-0.2, -0.15) is 0 Å². The third-order valence-electron chi connectivity index (χ3n) is 4.01. The maximum absolute atomic E-state index is 4.38. The summed E-state index contributed by atoms with van der Waals surface area (Å²) in [6.07, 6.45) is 6.79. The number of benzene rings is 2. The highest BCUT2D eigenvalue weighted by Gasteiger charge is 2.17. The van der Waals surface area contributed by atoms with Crippen molar-refractivity contribution < 1.29 is 0 Å². The average Bonchev–Trinajstić information content (AvgIpc) is 2.93. The molecule has 1 aromatic heterocycles. The molecular formula is C19H15NS. The number of hydrogen-bond donors (Lipinski definition) is 0. The molecular weight excluding hydrogens is 274 g/mol. The Balaban J connectivity index is 2.07. The van der Waals surface area contributed by atoms with E-state index in [1.165, 1.54) is 26.1 Å². The van der Waals surface area contributed by atoms with E-state index >= 15 is 0 Å². The minimum absolute atomic E-state index is 1.02. The van der Waals surface area contributed by atoms with Crippen LogP contribution in [0.15, 0.2) is 53.5 Å². The molecule has 2 aromatic carbocycles. The van der Waals surface area contributed by atoms with Crippen LogP contribution in [0.2, 0.25) is 0 Å². The van der Waals surface area contributed by atoms with Gasteiger partial charge >= 0.3 is 0 Å². The molecule has 2 heteroatoms. The Bertz CT molecular complexity index is 856. The van der Waals surface area contributed by atoms with Crippen LogP contribution in [0.25, 0.3) is 27.3 Å². The van der Waals surface area contributed by atoms with Crippen molar-refractivity contribution in [3.8, 4) is 11.1 Å². The maximum Gasteiger partial charge on any atom is 0.0793 e. The summed E-state index contributed by atoms with van der Waals surface area (Å²) in [5.74, 6) is 0. The summed E-state index contributed by atoms with van der Waals surface area (Å²) in [7, 11) is 0. The predicted molar refractivity (Wildman–Crippen MR) is 93.8 cm³/mol. The third kappa shape index (κ3) is 1.95. The summed E-state index contributed by atoms with van der Waals surface area (Å²) in [5.41, 5.74) is 4.73. The van der Waals surface area contributed by atoms with Crippen molar-refractivity contribution in [3.63, 3.8) is 0 Å². The topological polar surface area (TPSA) is 12.4 Å². The average molecular weight is 289 g/mol. The fourth-order valence-electron chi connectivity index (χ4n) is 3.04. The molecule has 0 saturated carbocycles. The Morgan fingerprint density at radius 1 is 1.05 bits per heavy atom. The van der Waals surface area contributed by atoms with Crippen molar-refractivity contribution >= 4 is 39.9 Å². The van der Waals surface area contributed by atoms with E-state index in [0.29, 0.717) is 0 Å². The Kier molecular flexibility index (Phi) is 2.97. The van der Waals surface area contributed by atoms with Crippen molar-refractivity contribution in [1.82, 2.24) is 0 Å². The van der Waals surface area contributed by atoms with Crippen molar-refractivity contribution in [3.05, 3.63) is 59.0 Å². The second-order valence-corrected chi connectivity index (χ2v) is 6.38. The van der Waals surface area contributed by atoms with Gasteiger partial charge in [0, 0.05) is 20.5 Å². The molecule has 0 saturated heterocycles. The van der Waals surface area contributed by atoms with Crippen LogP contribution < -0.4 is 0 Å². The van der Waals surface area contributed by atoms with Gasteiger partial charge in [0.25, 0.3) is 0 Å². The molecule has 21 heavy (non-hydrogen) atoms. The van der Waals surface area contributed by atoms with Crippen molar-refractivity contribution in [2.75, 3.05) is 0 Å². The largest absolute Gasteiger partial charge is 0.263 e. The molecule has 4 rings (SSSR count). The van der Waals surface area contributed by atoms with Crippen molar-refractivity contribution in [2.45, 2.75) is 12.8 Å². The Labute approximate surface area is 128 Å². The highest BCUT2D eigenvalue weighted by molar-refractivity contribution is 7.19. The minimum Gasteiger partial charge on any atom is -0.263 e. The molecule has 1 aliphatic rings. The van der Waals surface area contributed by atoms with Gasteiger partial charge in [-0.1, -0.05) is 48.6 Å². The van der Waals surface area contributed by atoms with E-state index in [2.05, 4.69) is 60.3 Å². The Hall–Kier alpha value is -2.19. The van der Waals surface area contributed by atoms with E-state index in [1.807, 2.05) is 17.4 Å². The lowest BCUT2D eigenvalue weighted by molar-refractivity contribution is 1.02. The van der Waals surface area contributed by atoms with E-state index in [9.17, 15) is 0 Å². The summed E-state index contributed by atoms with van der Waals surface area (Å²) < 4.78 is 1.31. The smallest absolute Gasteiger partial charge is 0.0793 e. The number of hydrogen-bond acceptors (Lipinski definition) is 2. The number of rotatable bonds is 2. The van der Waals surface area contributed by atoms with Crippen molar-refractivity contribution in [2.24, 2.45) is 4.99 Å². The quantitative estimate of drug-likeness (QED) is 0.524. The summed E-state index contributed by atoms with van der Waals surface area (Å²) in [6.45, 7) is 3.83. The van der Waals surface area contributed by atoms with Crippen LogP contribution >= 0.6 is 11.3 Å². The van der Waals surface area contributed by atoms with Gasteiger partial charge < -0.3 is 0 Å². The van der Waals surface area contributed by atoms with E-state index in [1.54, 1.807) is 0 Å². The van der Waals surface area contributed by atoms with Gasteiger partial charge in [-0.05, 0) is 36.8 Å². The summed E-state index contributed by atoms with van der Waals surface area (Å²) >= 11 is 1.89. The van der Waals surface area contributed by atoms with Gasteiger partial charge in [-0.25, -0.2) is 0 Å². The lowest BCUT2D eigenvalue weighted by Gasteiger charge is -2.09. The molecule has 1 heterocycles. The number of fused-ring (bicyclic) bond motifs is 3. The number of aryl methyl sites for hydroxylation is 1. The number of aliphatic imine (C=N–C) groups is 1.